The van der Waals surface area contributed by atoms with Gasteiger partial charge in [-0.3, -0.25) is 4.79 Å². The molecule has 0 saturated carbocycles. The van der Waals surface area contributed by atoms with E-state index in [1.807, 2.05) is 45.0 Å². The predicted molar refractivity (Wildman–Crippen MR) is 135 cm³/mol. The van der Waals surface area contributed by atoms with Crippen molar-refractivity contribution in [1.82, 2.24) is 14.9 Å². The van der Waals surface area contributed by atoms with Gasteiger partial charge in [0.15, 0.2) is 5.60 Å². The van der Waals surface area contributed by atoms with Crippen LogP contribution in [0, 0.1) is 0 Å². The average molecular weight is 476 g/mol. The number of rotatable bonds is 7. The van der Waals surface area contributed by atoms with Gasteiger partial charge in [0.25, 0.3) is 5.56 Å². The maximum Gasteiger partial charge on any atom is 0.343 e. The first-order valence-corrected chi connectivity index (χ1v) is 12.5. The number of esters is 1. The molecule has 0 bridgehead atoms. The standard InChI is InChI=1S/C28H33N3O4/c1-6-28(35-17(4)5)22-13-24-25-20(14-31(24)26(32)21(22)15-34-27(28)33)18(11-12-29-16(2)3)19-9-7-8-10-23(19)30-25/h7-10,13,16-17,29H,6,11-12,14-15H2,1-5H3. The van der Waals surface area contributed by atoms with Gasteiger partial charge in [0.1, 0.15) is 6.61 Å². The fourth-order valence-corrected chi connectivity index (χ4v) is 5.47. The molecule has 5 rings (SSSR count). The molecule has 2 aromatic heterocycles. The number of nitrogens with zero attached hydrogens (tertiary/aromatic N) is 2. The van der Waals surface area contributed by atoms with E-state index in [1.165, 1.54) is 5.56 Å². The zero-order chi connectivity index (χ0) is 24.9. The molecule has 184 valence electrons. The highest BCUT2D eigenvalue weighted by molar-refractivity contribution is 5.89. The van der Waals surface area contributed by atoms with Crippen LogP contribution >= 0.6 is 0 Å². The van der Waals surface area contributed by atoms with E-state index in [0.29, 0.717) is 30.1 Å². The van der Waals surface area contributed by atoms with E-state index in [4.69, 9.17) is 14.5 Å². The number of carbonyl (C=O) groups is 1. The molecule has 1 N–H and O–H groups in total. The number of hydrogen-bond acceptors (Lipinski definition) is 6. The summed E-state index contributed by atoms with van der Waals surface area (Å²) in [6, 6.07) is 10.5. The molecule has 7 heteroatoms. The van der Waals surface area contributed by atoms with Crippen LogP contribution in [0.15, 0.2) is 35.1 Å². The van der Waals surface area contributed by atoms with Crippen molar-refractivity contribution in [3.63, 3.8) is 0 Å². The number of benzene rings is 1. The van der Waals surface area contributed by atoms with Crippen molar-refractivity contribution in [1.29, 1.82) is 0 Å². The van der Waals surface area contributed by atoms with Gasteiger partial charge < -0.3 is 19.4 Å². The Bertz CT molecular complexity index is 1370. The molecule has 0 saturated heterocycles. The van der Waals surface area contributed by atoms with Gasteiger partial charge in [-0.2, -0.15) is 0 Å². The Kier molecular flexibility index (Phi) is 6.01. The fourth-order valence-electron chi connectivity index (χ4n) is 5.47. The lowest BCUT2D eigenvalue weighted by molar-refractivity contribution is -0.187. The first-order chi connectivity index (χ1) is 16.8. The van der Waals surface area contributed by atoms with Crippen molar-refractivity contribution in [3.05, 3.63) is 62.9 Å². The number of para-hydroxylation sites is 1. The molecule has 4 heterocycles. The van der Waals surface area contributed by atoms with Crippen molar-refractivity contribution in [3.8, 4) is 11.4 Å². The molecular weight excluding hydrogens is 442 g/mol. The van der Waals surface area contributed by atoms with Gasteiger partial charge in [-0.05, 0) is 50.9 Å². The maximum absolute atomic E-state index is 13.8. The minimum absolute atomic E-state index is 0.0343. The van der Waals surface area contributed by atoms with Crippen LogP contribution in [-0.2, 0) is 39.4 Å². The first-order valence-electron chi connectivity index (χ1n) is 12.5. The third kappa shape index (κ3) is 3.78. The molecule has 0 aliphatic carbocycles. The molecule has 2 aliphatic heterocycles. The number of fused-ring (bicyclic) bond motifs is 5. The summed E-state index contributed by atoms with van der Waals surface area (Å²) in [5.74, 6) is -0.435. The van der Waals surface area contributed by atoms with Gasteiger partial charge in [0.05, 0.1) is 35.1 Å². The SMILES string of the molecule is CCC1(OC(C)C)C(=O)OCc2c1cc1n(c2=O)Cc2c-1nc1ccccc1c2CCNC(C)C. The summed E-state index contributed by atoms with van der Waals surface area (Å²) in [4.78, 5) is 31.8. The molecular formula is C28H33N3O4. The number of cyclic esters (lactones) is 1. The zero-order valence-electron chi connectivity index (χ0n) is 21.1. The molecule has 35 heavy (non-hydrogen) atoms. The van der Waals surface area contributed by atoms with Crippen LogP contribution in [0.2, 0.25) is 0 Å². The second-order valence-electron chi connectivity index (χ2n) is 10.0. The van der Waals surface area contributed by atoms with Gasteiger partial charge in [0.2, 0.25) is 0 Å². The van der Waals surface area contributed by atoms with E-state index in [0.717, 1.165) is 40.8 Å². The number of carbonyl (C=O) groups excluding carboxylic acids is 1. The van der Waals surface area contributed by atoms with Crippen LogP contribution in [0.3, 0.4) is 0 Å². The second kappa shape index (κ2) is 8.88. The van der Waals surface area contributed by atoms with Gasteiger partial charge >= 0.3 is 5.97 Å². The summed E-state index contributed by atoms with van der Waals surface area (Å²) in [7, 11) is 0. The third-order valence-electron chi connectivity index (χ3n) is 7.05. The Labute approximate surface area is 205 Å². The highest BCUT2D eigenvalue weighted by Gasteiger charge is 2.48. The lowest BCUT2D eigenvalue weighted by atomic mass is 9.85. The number of aromatic nitrogens is 2. The molecule has 0 fully saturated rings. The highest BCUT2D eigenvalue weighted by atomic mass is 16.6. The lowest BCUT2D eigenvalue weighted by Gasteiger charge is -2.37. The van der Waals surface area contributed by atoms with Crippen molar-refractivity contribution in [2.45, 2.75) is 78.4 Å². The summed E-state index contributed by atoms with van der Waals surface area (Å²) in [5, 5.41) is 4.63. The zero-order valence-corrected chi connectivity index (χ0v) is 21.1. The van der Waals surface area contributed by atoms with E-state index in [-0.39, 0.29) is 18.3 Å². The molecule has 2 aliphatic rings. The lowest BCUT2D eigenvalue weighted by Crippen LogP contribution is -2.47. The van der Waals surface area contributed by atoms with Crippen molar-refractivity contribution < 1.29 is 14.3 Å². The van der Waals surface area contributed by atoms with E-state index in [9.17, 15) is 9.59 Å². The Morgan fingerprint density at radius 1 is 1.17 bits per heavy atom. The molecule has 0 spiro atoms. The van der Waals surface area contributed by atoms with Crippen LogP contribution in [0.5, 0.6) is 0 Å². The minimum atomic E-state index is -1.29. The molecule has 0 amide bonds. The van der Waals surface area contributed by atoms with Crippen LogP contribution < -0.4 is 10.9 Å². The van der Waals surface area contributed by atoms with Gasteiger partial charge in [-0.15, -0.1) is 0 Å². The van der Waals surface area contributed by atoms with E-state index >= 15 is 0 Å². The highest BCUT2D eigenvalue weighted by Crippen LogP contribution is 2.42. The molecule has 1 aromatic carbocycles. The molecule has 1 unspecified atom stereocenters. The van der Waals surface area contributed by atoms with Gasteiger partial charge in [-0.25, -0.2) is 9.78 Å². The molecule has 0 radical (unpaired) electrons. The summed E-state index contributed by atoms with van der Waals surface area (Å²) in [6.45, 7) is 11.2. The number of hydrogen-bond donors (Lipinski definition) is 1. The fraction of sp³-hybridized carbons (Fsp3) is 0.464. The Morgan fingerprint density at radius 3 is 2.66 bits per heavy atom. The summed E-state index contributed by atoms with van der Waals surface area (Å²) in [6.07, 6.45) is 1.01. The molecule has 1 atom stereocenters. The smallest absolute Gasteiger partial charge is 0.343 e. The van der Waals surface area contributed by atoms with Crippen LogP contribution in [0.25, 0.3) is 22.3 Å². The molecule has 7 nitrogen and oxygen atoms in total. The summed E-state index contributed by atoms with van der Waals surface area (Å²) in [5.41, 5.74) is 4.44. The summed E-state index contributed by atoms with van der Waals surface area (Å²) < 4.78 is 13.5. The Morgan fingerprint density at radius 2 is 1.94 bits per heavy atom. The van der Waals surface area contributed by atoms with Crippen LogP contribution in [-0.4, -0.2) is 34.2 Å². The summed E-state index contributed by atoms with van der Waals surface area (Å²) >= 11 is 0. The number of ether oxygens (including phenoxy) is 2. The van der Waals surface area contributed by atoms with E-state index in [2.05, 4.69) is 25.2 Å². The van der Waals surface area contributed by atoms with E-state index < -0.39 is 11.6 Å². The minimum Gasteiger partial charge on any atom is -0.458 e. The second-order valence-corrected chi connectivity index (χ2v) is 10.0. The Hall–Kier alpha value is -3.03. The number of nitrogens with one attached hydrogen (secondary N) is 1. The average Bonchev–Trinajstić information content (AvgIpc) is 3.19. The van der Waals surface area contributed by atoms with Gasteiger partial charge in [-0.1, -0.05) is 39.0 Å². The van der Waals surface area contributed by atoms with Crippen molar-refractivity contribution in [2.24, 2.45) is 0 Å². The quantitative estimate of drug-likeness (QED) is 0.406. The normalized spacial score (nSPS) is 18.7. The first kappa shape index (κ1) is 23.7. The third-order valence-corrected chi connectivity index (χ3v) is 7.05. The van der Waals surface area contributed by atoms with Crippen LogP contribution in [0.4, 0.5) is 0 Å². The van der Waals surface area contributed by atoms with Crippen LogP contribution in [0.1, 0.15) is 63.3 Å². The number of pyridine rings is 2. The largest absolute Gasteiger partial charge is 0.458 e. The topological polar surface area (TPSA) is 82.5 Å². The Balaban J connectivity index is 1.72. The predicted octanol–water partition coefficient (Wildman–Crippen LogP) is 4.05. The van der Waals surface area contributed by atoms with Gasteiger partial charge in [0, 0.05) is 22.6 Å². The molecule has 3 aromatic rings. The maximum atomic E-state index is 13.8. The van der Waals surface area contributed by atoms with Crippen molar-refractivity contribution in [2.75, 3.05) is 6.54 Å². The van der Waals surface area contributed by atoms with Crippen molar-refractivity contribution >= 4 is 16.9 Å². The monoisotopic (exact) mass is 475 g/mol. The van der Waals surface area contributed by atoms with E-state index in [1.54, 1.807) is 4.57 Å².